The molecule has 2 aliphatic heterocycles. The first-order valence-corrected chi connectivity index (χ1v) is 14.6. The Morgan fingerprint density at radius 2 is 1.88 bits per heavy atom. The lowest BCUT2D eigenvalue weighted by Crippen LogP contribution is -2.58. The van der Waals surface area contributed by atoms with Crippen LogP contribution in [0.2, 0.25) is 0 Å². The van der Waals surface area contributed by atoms with Gasteiger partial charge in [0, 0.05) is 48.9 Å². The molecule has 0 bridgehead atoms. The molecule has 10 nitrogen and oxygen atoms in total. The molecule has 228 valence electrons. The molecule has 0 spiro atoms. The lowest BCUT2D eigenvalue weighted by atomic mass is 9.63. The molecule has 1 saturated heterocycles. The molecule has 1 aromatic heterocycles. The largest absolute Gasteiger partial charge is 0.504 e. The van der Waals surface area contributed by atoms with E-state index in [9.17, 15) is 14.7 Å². The number of esters is 2. The first-order valence-electron chi connectivity index (χ1n) is 14.6. The van der Waals surface area contributed by atoms with Gasteiger partial charge in [-0.2, -0.15) is 0 Å². The summed E-state index contributed by atoms with van der Waals surface area (Å²) in [4.78, 5) is 32.5. The standard InChI is InChI=1S/C33H38N2O8/c1-39-20-7-8-21-22-11-12-35-17-19-14-28(43-29(37)10-6-18-5-9-26(36)27(13-18)40-2)32(41-3)30(33(38)42-4)23(19)16-25(35)31(22)34-24(21)15-20/h5-10,13,15,19,23,25,28,30,32,34,36H,11-12,14,16-17H2,1-4H3/b10-6+. The lowest BCUT2D eigenvalue weighted by molar-refractivity contribution is -0.187. The van der Waals surface area contributed by atoms with Gasteiger partial charge in [0.15, 0.2) is 11.5 Å². The van der Waals surface area contributed by atoms with E-state index in [0.29, 0.717) is 17.7 Å². The van der Waals surface area contributed by atoms with Crippen LogP contribution in [0.15, 0.2) is 42.5 Å². The predicted molar refractivity (Wildman–Crippen MR) is 159 cm³/mol. The molecule has 3 heterocycles. The highest BCUT2D eigenvalue weighted by Gasteiger charge is 2.54. The van der Waals surface area contributed by atoms with Crippen LogP contribution in [0.3, 0.4) is 0 Å². The van der Waals surface area contributed by atoms with Gasteiger partial charge in [-0.15, -0.1) is 0 Å². The second-order valence-corrected chi connectivity index (χ2v) is 11.6. The summed E-state index contributed by atoms with van der Waals surface area (Å²) in [6.45, 7) is 1.70. The average molecular weight is 591 g/mol. The van der Waals surface area contributed by atoms with Crippen LogP contribution in [0.25, 0.3) is 17.0 Å². The first-order chi connectivity index (χ1) is 20.8. The highest BCUT2D eigenvalue weighted by atomic mass is 16.6. The molecule has 3 aromatic rings. The zero-order valence-corrected chi connectivity index (χ0v) is 24.9. The van der Waals surface area contributed by atoms with E-state index >= 15 is 0 Å². The Labute approximate surface area is 250 Å². The maximum Gasteiger partial charge on any atom is 0.331 e. The molecule has 1 aliphatic carbocycles. The number of benzene rings is 2. The molecule has 1 saturated carbocycles. The normalized spacial score (nSPS) is 26.8. The molecule has 0 radical (unpaired) electrons. The maximum atomic E-state index is 13.3. The van der Waals surface area contributed by atoms with Crippen LogP contribution in [-0.4, -0.2) is 80.7 Å². The third-order valence-corrected chi connectivity index (χ3v) is 9.48. The number of phenolic OH excluding ortho intramolecular Hbond substituents is 1. The van der Waals surface area contributed by atoms with Gasteiger partial charge in [0.05, 0.1) is 33.3 Å². The van der Waals surface area contributed by atoms with Gasteiger partial charge in [0.2, 0.25) is 0 Å². The molecule has 2 fully saturated rings. The molecule has 6 unspecified atom stereocenters. The number of nitrogens with one attached hydrogen (secondary N) is 1. The molecule has 10 heteroatoms. The van der Waals surface area contributed by atoms with Gasteiger partial charge in [-0.05, 0) is 72.6 Å². The van der Waals surface area contributed by atoms with Crippen LogP contribution in [0.5, 0.6) is 17.2 Å². The molecular weight excluding hydrogens is 552 g/mol. The SMILES string of the molecule is COC(=O)C1C2CC3c4[nH]c5cc(OC)ccc5c4CCN3CC2CC(OC(=O)/C=C/c2ccc(O)c(OC)c2)C1OC. The molecule has 0 amide bonds. The number of carbonyl (C=O) groups excluding carboxylic acids is 2. The number of hydrogen-bond donors (Lipinski definition) is 2. The number of phenols is 1. The summed E-state index contributed by atoms with van der Waals surface area (Å²) in [7, 11) is 6.08. The smallest absolute Gasteiger partial charge is 0.331 e. The minimum atomic E-state index is -0.638. The summed E-state index contributed by atoms with van der Waals surface area (Å²) >= 11 is 0. The summed E-state index contributed by atoms with van der Waals surface area (Å²) in [5.41, 5.74) is 4.26. The van der Waals surface area contributed by atoms with E-state index < -0.39 is 24.1 Å². The van der Waals surface area contributed by atoms with Crippen LogP contribution in [0.1, 0.15) is 35.7 Å². The van der Waals surface area contributed by atoms with Crippen molar-refractivity contribution in [2.75, 3.05) is 41.5 Å². The lowest BCUT2D eigenvalue weighted by Gasteiger charge is -2.52. The van der Waals surface area contributed by atoms with Gasteiger partial charge < -0.3 is 33.8 Å². The van der Waals surface area contributed by atoms with Crippen molar-refractivity contribution in [2.24, 2.45) is 17.8 Å². The monoisotopic (exact) mass is 590 g/mol. The molecule has 3 aliphatic rings. The fraction of sp³-hybridized carbons (Fsp3) is 0.455. The second kappa shape index (κ2) is 11.9. The van der Waals surface area contributed by atoms with Crippen molar-refractivity contribution in [3.8, 4) is 17.2 Å². The van der Waals surface area contributed by atoms with Gasteiger partial charge in [-0.25, -0.2) is 4.79 Å². The second-order valence-electron chi connectivity index (χ2n) is 11.6. The van der Waals surface area contributed by atoms with E-state index in [4.69, 9.17) is 23.7 Å². The highest BCUT2D eigenvalue weighted by molar-refractivity contribution is 5.88. The number of fused-ring (bicyclic) bond motifs is 6. The molecule has 2 aromatic carbocycles. The number of hydrogen-bond acceptors (Lipinski definition) is 9. The van der Waals surface area contributed by atoms with Crippen LogP contribution in [0.4, 0.5) is 0 Å². The zero-order valence-electron chi connectivity index (χ0n) is 24.9. The molecular formula is C33H38N2O8. The van der Waals surface area contributed by atoms with Gasteiger partial charge in [-0.1, -0.05) is 6.07 Å². The number of aromatic hydroxyl groups is 1. The van der Waals surface area contributed by atoms with E-state index in [2.05, 4.69) is 16.0 Å². The third-order valence-electron chi connectivity index (χ3n) is 9.48. The fourth-order valence-electron chi connectivity index (χ4n) is 7.51. The van der Waals surface area contributed by atoms with Gasteiger partial charge >= 0.3 is 11.9 Å². The zero-order chi connectivity index (χ0) is 30.2. The Kier molecular flexibility index (Phi) is 8.07. The van der Waals surface area contributed by atoms with Crippen LogP contribution in [-0.2, 0) is 30.2 Å². The Morgan fingerprint density at radius 3 is 2.63 bits per heavy atom. The number of methoxy groups -OCH3 is 4. The van der Waals surface area contributed by atoms with Gasteiger partial charge in [0.25, 0.3) is 0 Å². The number of carbonyl (C=O) groups is 2. The number of aromatic amines is 1. The van der Waals surface area contributed by atoms with Crippen molar-refractivity contribution in [2.45, 2.75) is 37.5 Å². The number of ether oxygens (including phenoxy) is 5. The van der Waals surface area contributed by atoms with E-state index in [0.717, 1.165) is 37.2 Å². The number of H-pyrrole nitrogens is 1. The van der Waals surface area contributed by atoms with E-state index in [1.807, 2.05) is 12.1 Å². The minimum Gasteiger partial charge on any atom is -0.504 e. The van der Waals surface area contributed by atoms with Crippen LogP contribution >= 0.6 is 0 Å². The number of piperidine rings is 1. The van der Waals surface area contributed by atoms with Crippen LogP contribution < -0.4 is 9.47 Å². The van der Waals surface area contributed by atoms with Crippen molar-refractivity contribution >= 4 is 28.9 Å². The quantitative estimate of drug-likeness (QED) is 0.307. The predicted octanol–water partition coefficient (Wildman–Crippen LogP) is 4.26. The molecule has 6 rings (SSSR count). The van der Waals surface area contributed by atoms with Crippen LogP contribution in [0, 0.1) is 17.8 Å². The average Bonchev–Trinajstić information content (AvgIpc) is 3.40. The van der Waals surface area contributed by atoms with E-state index in [1.54, 1.807) is 32.4 Å². The van der Waals surface area contributed by atoms with Crippen molar-refractivity contribution in [3.05, 3.63) is 59.3 Å². The van der Waals surface area contributed by atoms with Gasteiger partial charge in [-0.3, -0.25) is 9.69 Å². The fourth-order valence-corrected chi connectivity index (χ4v) is 7.51. The summed E-state index contributed by atoms with van der Waals surface area (Å²) in [6.07, 6.45) is 3.98. The molecule has 2 N–H and O–H groups in total. The summed E-state index contributed by atoms with van der Waals surface area (Å²) in [5.74, 6) is -0.200. The van der Waals surface area contributed by atoms with Gasteiger partial charge in [0.1, 0.15) is 18.0 Å². The molecule has 43 heavy (non-hydrogen) atoms. The Hall–Kier alpha value is -4.02. The number of nitrogens with zero attached hydrogens (tertiary/aromatic N) is 1. The molecule has 6 atom stereocenters. The Morgan fingerprint density at radius 1 is 1.05 bits per heavy atom. The summed E-state index contributed by atoms with van der Waals surface area (Å²) in [5, 5.41) is 11.1. The number of aromatic nitrogens is 1. The van der Waals surface area contributed by atoms with Crippen molar-refractivity contribution in [3.63, 3.8) is 0 Å². The van der Waals surface area contributed by atoms with Crippen molar-refractivity contribution < 1.29 is 38.4 Å². The topological polar surface area (TPSA) is 120 Å². The summed E-state index contributed by atoms with van der Waals surface area (Å²) in [6, 6.07) is 11.1. The number of rotatable bonds is 7. The Bertz CT molecular complexity index is 1550. The Balaban J connectivity index is 1.24. The first kappa shape index (κ1) is 29.1. The van der Waals surface area contributed by atoms with Crippen molar-refractivity contribution in [1.29, 1.82) is 0 Å². The maximum absolute atomic E-state index is 13.3. The van der Waals surface area contributed by atoms with E-state index in [-0.39, 0.29) is 29.6 Å². The summed E-state index contributed by atoms with van der Waals surface area (Å²) < 4.78 is 27.7. The van der Waals surface area contributed by atoms with Crippen molar-refractivity contribution in [1.82, 2.24) is 9.88 Å². The third kappa shape index (κ3) is 5.34. The van der Waals surface area contributed by atoms with E-state index in [1.165, 1.54) is 43.0 Å². The minimum absolute atomic E-state index is 0.000466. The highest BCUT2D eigenvalue weighted by Crippen LogP contribution is 2.50.